The average molecular weight is 283 g/mol. The van der Waals surface area contributed by atoms with Gasteiger partial charge in [-0.2, -0.15) is 0 Å². The van der Waals surface area contributed by atoms with E-state index >= 15 is 0 Å². The molecule has 2 aliphatic rings. The van der Waals surface area contributed by atoms with Crippen LogP contribution in [0.25, 0.3) is 11.6 Å². The van der Waals surface area contributed by atoms with Gasteiger partial charge in [0.1, 0.15) is 17.3 Å². The van der Waals surface area contributed by atoms with E-state index < -0.39 is 0 Å². The van der Waals surface area contributed by atoms with Crippen molar-refractivity contribution < 1.29 is 13.6 Å². The summed E-state index contributed by atoms with van der Waals surface area (Å²) < 4.78 is 19.2. The van der Waals surface area contributed by atoms with Crippen molar-refractivity contribution >= 4 is 23.2 Å². The first-order chi connectivity index (χ1) is 10.2. The number of hydrogen-bond donors (Lipinski definition) is 1. The highest BCUT2D eigenvalue weighted by molar-refractivity contribution is 6.34. The van der Waals surface area contributed by atoms with Crippen molar-refractivity contribution in [3.05, 3.63) is 52.7 Å². The molecule has 4 heteroatoms. The number of anilines is 1. The topological polar surface area (TPSA) is 42.2 Å². The van der Waals surface area contributed by atoms with E-state index in [0.717, 1.165) is 25.0 Å². The van der Waals surface area contributed by atoms with Gasteiger partial charge in [-0.1, -0.05) is 0 Å². The Balaban J connectivity index is 1.78. The van der Waals surface area contributed by atoms with E-state index in [1.54, 1.807) is 12.1 Å². The van der Waals surface area contributed by atoms with E-state index in [0.29, 0.717) is 22.6 Å². The van der Waals surface area contributed by atoms with E-state index in [2.05, 4.69) is 5.32 Å². The third kappa shape index (κ3) is 2.07. The summed E-state index contributed by atoms with van der Waals surface area (Å²) in [6, 6.07) is 6.29. The third-order valence-electron chi connectivity index (χ3n) is 4.07. The van der Waals surface area contributed by atoms with E-state index in [4.69, 9.17) is 4.42 Å². The molecule has 1 N–H and O–H groups in total. The molecule has 0 spiro atoms. The van der Waals surface area contributed by atoms with Gasteiger partial charge in [0.15, 0.2) is 0 Å². The van der Waals surface area contributed by atoms with Gasteiger partial charge in [-0.15, -0.1) is 0 Å². The summed E-state index contributed by atoms with van der Waals surface area (Å²) in [4.78, 5) is 12.0. The lowest BCUT2D eigenvalue weighted by atomic mass is 9.98. The molecule has 4 rings (SSSR count). The molecule has 106 valence electrons. The van der Waals surface area contributed by atoms with Crippen LogP contribution < -0.4 is 5.32 Å². The van der Waals surface area contributed by atoms with Crippen molar-refractivity contribution in [2.45, 2.75) is 25.7 Å². The number of aryl methyl sites for hydroxylation is 2. The lowest BCUT2D eigenvalue weighted by molar-refractivity contribution is -0.110. The Morgan fingerprint density at radius 2 is 2.05 bits per heavy atom. The van der Waals surface area contributed by atoms with Crippen molar-refractivity contribution in [3.8, 4) is 0 Å². The number of rotatable bonds is 1. The molecule has 0 saturated heterocycles. The number of halogens is 1. The van der Waals surface area contributed by atoms with Gasteiger partial charge in [-0.05, 0) is 55.2 Å². The van der Waals surface area contributed by atoms with Crippen molar-refractivity contribution in [2.24, 2.45) is 0 Å². The average Bonchev–Trinajstić information content (AvgIpc) is 3.01. The number of amides is 1. The maximum Gasteiger partial charge on any atom is 0.256 e. The zero-order chi connectivity index (χ0) is 14.4. The number of hydrogen-bond acceptors (Lipinski definition) is 2. The molecule has 21 heavy (non-hydrogen) atoms. The zero-order valence-corrected chi connectivity index (χ0v) is 11.4. The number of carbonyl (C=O) groups excluding carboxylic acids is 1. The number of benzene rings is 1. The molecule has 0 bridgehead atoms. The molecule has 2 aromatic rings. The molecular formula is C17H14FNO2. The minimum absolute atomic E-state index is 0.218. The zero-order valence-electron chi connectivity index (χ0n) is 11.4. The van der Waals surface area contributed by atoms with Crippen molar-refractivity contribution in [1.29, 1.82) is 0 Å². The van der Waals surface area contributed by atoms with Gasteiger partial charge in [0.25, 0.3) is 5.91 Å². The molecule has 0 saturated carbocycles. The quantitative estimate of drug-likeness (QED) is 0.809. The van der Waals surface area contributed by atoms with E-state index in [1.807, 2.05) is 6.07 Å². The van der Waals surface area contributed by atoms with Crippen LogP contribution in [0.5, 0.6) is 0 Å². The van der Waals surface area contributed by atoms with Crippen LogP contribution in [0.4, 0.5) is 10.1 Å². The molecule has 3 nitrogen and oxygen atoms in total. The summed E-state index contributed by atoms with van der Waals surface area (Å²) in [6.07, 6.45) is 6.01. The Morgan fingerprint density at radius 3 is 2.90 bits per heavy atom. The van der Waals surface area contributed by atoms with Crippen LogP contribution in [0.3, 0.4) is 0 Å². The standard InChI is InChI=1S/C17H14FNO2/c18-11-5-6-15-13(8-11)14(17(20)19-15)9-12-7-10-3-1-2-4-16(10)21-12/h5-9H,1-4H2,(H,19,20). The molecule has 0 radical (unpaired) electrons. The summed E-state index contributed by atoms with van der Waals surface area (Å²) in [5.41, 5.74) is 2.92. The molecular weight excluding hydrogens is 269 g/mol. The molecule has 0 unspecified atom stereocenters. The van der Waals surface area contributed by atoms with Gasteiger partial charge in [0.2, 0.25) is 0 Å². The molecule has 2 heterocycles. The first kappa shape index (κ1) is 12.4. The van der Waals surface area contributed by atoms with Crippen LogP contribution in [0.15, 0.2) is 28.7 Å². The second-order valence-electron chi connectivity index (χ2n) is 5.51. The third-order valence-corrected chi connectivity index (χ3v) is 4.07. The maximum atomic E-state index is 13.4. The normalized spacial score (nSPS) is 18.5. The first-order valence-corrected chi connectivity index (χ1v) is 7.15. The van der Waals surface area contributed by atoms with Crippen LogP contribution in [-0.2, 0) is 17.6 Å². The molecule has 1 aliphatic heterocycles. The van der Waals surface area contributed by atoms with E-state index in [1.165, 1.54) is 24.1 Å². The maximum absolute atomic E-state index is 13.4. The summed E-state index contributed by atoms with van der Waals surface area (Å²) in [6.45, 7) is 0. The van der Waals surface area contributed by atoms with Crippen LogP contribution in [0.2, 0.25) is 0 Å². The fraction of sp³-hybridized carbons (Fsp3) is 0.235. The molecule has 0 fully saturated rings. The lowest BCUT2D eigenvalue weighted by Gasteiger charge is -2.07. The van der Waals surface area contributed by atoms with Gasteiger partial charge in [0.05, 0.1) is 5.57 Å². The van der Waals surface area contributed by atoms with Gasteiger partial charge in [-0.3, -0.25) is 4.79 Å². The predicted octanol–water partition coefficient (Wildman–Crippen LogP) is 3.79. The SMILES string of the molecule is O=C1Nc2ccc(F)cc2C1=Cc1cc2c(o1)CCCC2. The summed E-state index contributed by atoms with van der Waals surface area (Å²) in [7, 11) is 0. The predicted molar refractivity (Wildman–Crippen MR) is 78.3 cm³/mol. The second kappa shape index (κ2) is 4.58. The number of carbonyl (C=O) groups is 1. The highest BCUT2D eigenvalue weighted by Gasteiger charge is 2.25. The summed E-state index contributed by atoms with van der Waals surface area (Å²) in [5.74, 6) is 1.12. The Labute approximate surface area is 121 Å². The number of fused-ring (bicyclic) bond motifs is 2. The van der Waals surface area contributed by atoms with Gasteiger partial charge in [-0.25, -0.2) is 4.39 Å². The van der Waals surface area contributed by atoms with Crippen LogP contribution >= 0.6 is 0 Å². The number of furan rings is 1. The van der Waals surface area contributed by atoms with Crippen LogP contribution in [-0.4, -0.2) is 5.91 Å². The largest absolute Gasteiger partial charge is 0.461 e. The van der Waals surface area contributed by atoms with Crippen molar-refractivity contribution in [1.82, 2.24) is 0 Å². The number of nitrogens with one attached hydrogen (secondary N) is 1. The monoisotopic (exact) mass is 283 g/mol. The van der Waals surface area contributed by atoms with Gasteiger partial charge < -0.3 is 9.73 Å². The second-order valence-corrected chi connectivity index (χ2v) is 5.51. The molecule has 1 aromatic carbocycles. The van der Waals surface area contributed by atoms with E-state index in [-0.39, 0.29) is 11.7 Å². The van der Waals surface area contributed by atoms with Crippen LogP contribution in [0.1, 0.15) is 35.5 Å². The summed E-state index contributed by atoms with van der Waals surface area (Å²) in [5, 5.41) is 2.74. The van der Waals surface area contributed by atoms with E-state index in [9.17, 15) is 9.18 Å². The fourth-order valence-electron chi connectivity index (χ4n) is 3.03. The van der Waals surface area contributed by atoms with Gasteiger partial charge >= 0.3 is 0 Å². The Morgan fingerprint density at radius 1 is 1.19 bits per heavy atom. The van der Waals surface area contributed by atoms with Crippen molar-refractivity contribution in [2.75, 3.05) is 5.32 Å². The highest BCUT2D eigenvalue weighted by Crippen LogP contribution is 2.34. The Bertz CT molecular complexity index is 750. The molecule has 1 aromatic heterocycles. The summed E-state index contributed by atoms with van der Waals surface area (Å²) >= 11 is 0. The lowest BCUT2D eigenvalue weighted by Crippen LogP contribution is -2.03. The smallest absolute Gasteiger partial charge is 0.256 e. The van der Waals surface area contributed by atoms with Crippen molar-refractivity contribution in [3.63, 3.8) is 0 Å². The minimum Gasteiger partial charge on any atom is -0.461 e. The Kier molecular flexibility index (Phi) is 2.70. The minimum atomic E-state index is -0.352. The molecule has 0 atom stereocenters. The first-order valence-electron chi connectivity index (χ1n) is 7.15. The van der Waals surface area contributed by atoms with Crippen LogP contribution in [0, 0.1) is 5.82 Å². The molecule has 1 amide bonds. The van der Waals surface area contributed by atoms with Gasteiger partial charge in [0, 0.05) is 17.7 Å². The fourth-order valence-corrected chi connectivity index (χ4v) is 3.03. The molecule has 1 aliphatic carbocycles. The highest BCUT2D eigenvalue weighted by atomic mass is 19.1. The Hall–Kier alpha value is -2.36.